The van der Waals surface area contributed by atoms with Gasteiger partial charge in [0.1, 0.15) is 29.1 Å². The molecule has 37 heavy (non-hydrogen) atoms. The van der Waals surface area contributed by atoms with E-state index in [1.807, 2.05) is 20.9 Å². The molecule has 0 unspecified atom stereocenters. The van der Waals surface area contributed by atoms with Gasteiger partial charge < -0.3 is 21.4 Å². The molecular weight excluding hydrogens is 482 g/mol. The predicted octanol–water partition coefficient (Wildman–Crippen LogP) is 2.83. The zero-order valence-electron chi connectivity index (χ0n) is 20.1. The number of nitrogens with one attached hydrogen (secondary N) is 1. The molecule has 5 aromatic heterocycles. The fraction of sp³-hybridized carbons (Fsp3) is 0.217. The van der Waals surface area contributed by atoms with E-state index in [4.69, 9.17) is 11.5 Å². The van der Waals surface area contributed by atoms with Crippen molar-refractivity contribution < 1.29 is 8.78 Å². The number of nitrogens with two attached hydrogens (primary N) is 2. The summed E-state index contributed by atoms with van der Waals surface area (Å²) in [7, 11) is 1.83. The number of halogens is 2. The molecule has 14 heteroatoms. The van der Waals surface area contributed by atoms with Crippen molar-refractivity contribution in [2.45, 2.75) is 25.7 Å². The van der Waals surface area contributed by atoms with E-state index in [0.29, 0.717) is 39.8 Å². The minimum Gasteiger partial charge on any atom is -0.383 e. The smallest absolute Gasteiger partial charge is 0.224 e. The number of imidazole rings is 1. The van der Waals surface area contributed by atoms with Crippen LogP contribution in [0.4, 0.5) is 32.2 Å². The van der Waals surface area contributed by atoms with E-state index >= 15 is 0 Å². The molecule has 5 aromatic rings. The molecule has 0 aliphatic carbocycles. The summed E-state index contributed by atoms with van der Waals surface area (Å²) in [6.45, 7) is 3.66. The first-order chi connectivity index (χ1) is 17.7. The topological polar surface area (TPSA) is 172 Å². The van der Waals surface area contributed by atoms with Crippen LogP contribution in [0.2, 0.25) is 0 Å². The summed E-state index contributed by atoms with van der Waals surface area (Å²) in [6.07, 6.45) is 7.71. The molecule has 12 nitrogen and oxygen atoms in total. The standard InChI is InChI=1S/C23H22F2N12/c1-10(19-28-4-12(24)5-29-19)15-16(11(2)20-30-6-13(25)7-31-20)18(26)34-22-17(15)21(35-23(27)36-22)33-14-8-37(3)9-32-14/h4-11H,1-3H3,(H5,26,27,33,34,35,36)/t10-,11-/m0/s1. The third kappa shape index (κ3) is 4.55. The van der Waals surface area contributed by atoms with Crippen LogP contribution < -0.4 is 16.8 Å². The highest BCUT2D eigenvalue weighted by Gasteiger charge is 2.29. The first-order valence-corrected chi connectivity index (χ1v) is 11.2. The number of aryl methyl sites for hydroxylation is 1. The van der Waals surface area contributed by atoms with Gasteiger partial charge in [-0.3, -0.25) is 0 Å². The summed E-state index contributed by atoms with van der Waals surface area (Å²) >= 11 is 0. The second kappa shape index (κ2) is 9.29. The second-order valence-corrected chi connectivity index (χ2v) is 8.47. The minimum atomic E-state index is -0.572. The minimum absolute atomic E-state index is 0.0304. The van der Waals surface area contributed by atoms with Crippen molar-refractivity contribution in [3.05, 3.63) is 71.7 Å². The molecule has 5 rings (SSSR count). The lowest BCUT2D eigenvalue weighted by atomic mass is 9.86. The van der Waals surface area contributed by atoms with Crippen molar-refractivity contribution in [1.29, 1.82) is 0 Å². The molecule has 0 saturated heterocycles. The Kier molecular flexibility index (Phi) is 5.99. The van der Waals surface area contributed by atoms with E-state index in [1.165, 1.54) is 0 Å². The molecule has 0 saturated carbocycles. The number of nitrogens with zero attached hydrogens (tertiary/aromatic N) is 9. The number of hydrogen-bond donors (Lipinski definition) is 3. The van der Waals surface area contributed by atoms with Gasteiger partial charge in [0.15, 0.2) is 17.3 Å². The van der Waals surface area contributed by atoms with Crippen LogP contribution in [0.25, 0.3) is 11.0 Å². The lowest BCUT2D eigenvalue weighted by molar-refractivity contribution is 0.603. The van der Waals surface area contributed by atoms with E-state index in [9.17, 15) is 8.78 Å². The number of aromatic nitrogens is 9. The maximum Gasteiger partial charge on any atom is 0.224 e. The van der Waals surface area contributed by atoms with Gasteiger partial charge in [0.25, 0.3) is 0 Å². The maximum absolute atomic E-state index is 13.6. The Morgan fingerprint density at radius 3 is 1.92 bits per heavy atom. The summed E-state index contributed by atoms with van der Waals surface area (Å²) < 4.78 is 28.9. The Balaban J connectivity index is 1.81. The van der Waals surface area contributed by atoms with Crippen molar-refractivity contribution in [2.75, 3.05) is 16.8 Å². The zero-order chi connectivity index (χ0) is 26.3. The Hall–Kier alpha value is -4.88. The van der Waals surface area contributed by atoms with Crippen molar-refractivity contribution >= 4 is 34.4 Å². The molecular formula is C23H22F2N12. The first-order valence-electron chi connectivity index (χ1n) is 11.2. The monoisotopic (exact) mass is 504 g/mol. The van der Waals surface area contributed by atoms with Crippen molar-refractivity contribution in [1.82, 2.24) is 44.4 Å². The summed E-state index contributed by atoms with van der Waals surface area (Å²) in [5.41, 5.74) is 13.8. The van der Waals surface area contributed by atoms with Crippen molar-refractivity contribution in [3.8, 4) is 0 Å². The molecule has 5 N–H and O–H groups in total. The van der Waals surface area contributed by atoms with Crippen molar-refractivity contribution in [3.63, 3.8) is 0 Å². The average Bonchev–Trinajstić information content (AvgIpc) is 3.27. The number of nitrogen functional groups attached to an aromatic ring is 2. The third-order valence-corrected chi connectivity index (χ3v) is 5.84. The SMILES string of the molecule is C[C@H](c1ncc(F)cn1)c1c(N)nc2nc(N)nc(Nc3cn(C)cn3)c2c1[C@H](C)c1ncc(F)cn1. The average molecular weight is 505 g/mol. The number of rotatable bonds is 6. The lowest BCUT2D eigenvalue weighted by Gasteiger charge is -2.24. The molecule has 0 aliphatic heterocycles. The molecule has 0 aliphatic rings. The highest BCUT2D eigenvalue weighted by Crippen LogP contribution is 2.41. The molecule has 0 spiro atoms. The van der Waals surface area contributed by atoms with E-state index in [2.05, 4.69) is 45.2 Å². The number of hydrogen-bond acceptors (Lipinski definition) is 11. The third-order valence-electron chi connectivity index (χ3n) is 5.84. The van der Waals surface area contributed by atoms with Crippen LogP contribution in [-0.2, 0) is 7.05 Å². The molecule has 188 valence electrons. The maximum atomic E-state index is 13.6. The Morgan fingerprint density at radius 2 is 1.38 bits per heavy atom. The second-order valence-electron chi connectivity index (χ2n) is 8.47. The highest BCUT2D eigenvalue weighted by atomic mass is 19.1. The number of pyridine rings is 1. The van der Waals surface area contributed by atoms with Crippen LogP contribution in [0.15, 0.2) is 37.3 Å². The van der Waals surface area contributed by atoms with Crippen LogP contribution in [0.1, 0.15) is 48.5 Å². The van der Waals surface area contributed by atoms with Gasteiger partial charge in [0.2, 0.25) is 5.95 Å². The van der Waals surface area contributed by atoms with Gasteiger partial charge in [-0.25, -0.2) is 38.7 Å². The van der Waals surface area contributed by atoms with Crippen LogP contribution in [-0.4, -0.2) is 44.4 Å². The lowest BCUT2D eigenvalue weighted by Crippen LogP contribution is -2.16. The fourth-order valence-corrected chi connectivity index (χ4v) is 4.19. The molecule has 0 amide bonds. The predicted molar refractivity (Wildman–Crippen MR) is 132 cm³/mol. The summed E-state index contributed by atoms with van der Waals surface area (Å²) in [4.78, 5) is 34.2. The fourth-order valence-electron chi connectivity index (χ4n) is 4.19. The molecule has 2 atom stereocenters. The first kappa shape index (κ1) is 23.8. The molecule has 0 fully saturated rings. The van der Waals surface area contributed by atoms with Gasteiger partial charge in [-0.2, -0.15) is 9.97 Å². The normalized spacial score (nSPS) is 13.0. The van der Waals surface area contributed by atoms with Crippen LogP contribution in [0.5, 0.6) is 0 Å². The number of fused-ring (bicyclic) bond motifs is 1. The van der Waals surface area contributed by atoms with Crippen LogP contribution in [0, 0.1) is 11.6 Å². The van der Waals surface area contributed by atoms with Gasteiger partial charge in [-0.15, -0.1) is 0 Å². The van der Waals surface area contributed by atoms with Gasteiger partial charge in [-0.05, 0) is 5.56 Å². The molecule has 0 radical (unpaired) electrons. The Morgan fingerprint density at radius 1 is 0.811 bits per heavy atom. The summed E-state index contributed by atoms with van der Waals surface area (Å²) in [6, 6.07) is 0. The van der Waals surface area contributed by atoms with E-state index in [1.54, 1.807) is 17.1 Å². The van der Waals surface area contributed by atoms with E-state index < -0.39 is 23.5 Å². The van der Waals surface area contributed by atoms with Crippen LogP contribution >= 0.6 is 0 Å². The largest absolute Gasteiger partial charge is 0.383 e. The van der Waals surface area contributed by atoms with Crippen LogP contribution in [0.3, 0.4) is 0 Å². The quantitative estimate of drug-likeness (QED) is 0.310. The summed E-state index contributed by atoms with van der Waals surface area (Å²) in [5, 5.41) is 3.66. The van der Waals surface area contributed by atoms with E-state index in [-0.39, 0.29) is 17.4 Å². The molecule has 0 bridgehead atoms. The van der Waals surface area contributed by atoms with E-state index in [0.717, 1.165) is 24.8 Å². The molecule has 5 heterocycles. The van der Waals surface area contributed by atoms with Gasteiger partial charge >= 0.3 is 0 Å². The van der Waals surface area contributed by atoms with Gasteiger partial charge in [0, 0.05) is 30.6 Å². The summed E-state index contributed by atoms with van der Waals surface area (Å²) in [5.74, 6) is -0.635. The Labute approximate surface area is 209 Å². The molecule has 0 aromatic carbocycles. The Bertz CT molecular complexity index is 1580. The zero-order valence-corrected chi connectivity index (χ0v) is 20.1. The van der Waals surface area contributed by atoms with Gasteiger partial charge in [0.05, 0.1) is 36.5 Å². The number of anilines is 4. The van der Waals surface area contributed by atoms with Crippen molar-refractivity contribution in [2.24, 2.45) is 7.05 Å². The highest BCUT2D eigenvalue weighted by molar-refractivity contribution is 5.95. The van der Waals surface area contributed by atoms with Gasteiger partial charge in [-0.1, -0.05) is 13.8 Å².